The molecule has 0 aliphatic carbocycles. The van der Waals surface area contributed by atoms with E-state index in [-0.39, 0.29) is 5.97 Å². The van der Waals surface area contributed by atoms with Gasteiger partial charge >= 0.3 is 5.97 Å². The molecule has 2 heterocycles. The number of carbonyl (C=O) groups excluding carboxylic acids is 1. The summed E-state index contributed by atoms with van der Waals surface area (Å²) < 4.78 is 12.2. The molecule has 0 atom stereocenters. The molecule has 0 aliphatic rings. The molecule has 21 heavy (non-hydrogen) atoms. The third kappa shape index (κ3) is 3.39. The van der Waals surface area contributed by atoms with Crippen LogP contribution < -0.4 is 0 Å². The fraction of sp³-hybridized carbons (Fsp3) is 0.533. The largest absolute Gasteiger partial charge is 0.462 e. The van der Waals surface area contributed by atoms with Gasteiger partial charge < -0.3 is 9.47 Å². The number of carbonyl (C=O) groups is 1. The second kappa shape index (κ2) is 6.67. The van der Waals surface area contributed by atoms with Crippen LogP contribution in [0.25, 0.3) is 5.65 Å². The lowest BCUT2D eigenvalue weighted by Gasteiger charge is -2.05. The summed E-state index contributed by atoms with van der Waals surface area (Å²) in [6.45, 7) is 9.15. The summed E-state index contributed by atoms with van der Waals surface area (Å²) in [6.07, 6.45) is 0.684. The van der Waals surface area contributed by atoms with E-state index in [0.29, 0.717) is 43.1 Å². The number of aromatic nitrogens is 3. The number of hydrogen-bond donors (Lipinski definition) is 0. The zero-order chi connectivity index (χ0) is 15.4. The first-order valence-corrected chi connectivity index (χ1v) is 7.13. The maximum atomic E-state index is 12.2. The molecule has 0 radical (unpaired) electrons. The van der Waals surface area contributed by atoms with Crippen LogP contribution in [0.3, 0.4) is 0 Å². The van der Waals surface area contributed by atoms with E-state index in [1.807, 2.05) is 26.8 Å². The summed E-state index contributed by atoms with van der Waals surface area (Å²) in [6, 6.07) is 1.93. The summed E-state index contributed by atoms with van der Waals surface area (Å²) in [5.41, 5.74) is 3.42. The second-order valence-electron chi connectivity index (χ2n) is 4.92. The number of ether oxygens (including phenoxy) is 2. The molecule has 0 unspecified atom stereocenters. The molecular weight excluding hydrogens is 270 g/mol. The Morgan fingerprint density at radius 3 is 2.76 bits per heavy atom. The predicted molar refractivity (Wildman–Crippen MR) is 78.6 cm³/mol. The highest BCUT2D eigenvalue weighted by molar-refractivity contribution is 5.97. The van der Waals surface area contributed by atoms with E-state index in [2.05, 4.69) is 10.1 Å². The van der Waals surface area contributed by atoms with Crippen LogP contribution >= 0.6 is 0 Å². The minimum absolute atomic E-state index is 0.334. The molecule has 114 valence electrons. The molecule has 6 nitrogen and oxygen atoms in total. The van der Waals surface area contributed by atoms with Gasteiger partial charge in [0, 0.05) is 31.0 Å². The summed E-state index contributed by atoms with van der Waals surface area (Å²) in [4.78, 5) is 16.7. The molecule has 0 N–H and O–H groups in total. The van der Waals surface area contributed by atoms with Gasteiger partial charge in [-0.3, -0.25) is 0 Å². The highest BCUT2D eigenvalue weighted by atomic mass is 16.5. The summed E-state index contributed by atoms with van der Waals surface area (Å²) >= 11 is 0. The minimum atomic E-state index is -0.378. The first-order valence-electron chi connectivity index (χ1n) is 7.13. The van der Waals surface area contributed by atoms with E-state index >= 15 is 0 Å². The Morgan fingerprint density at radius 2 is 2.05 bits per heavy atom. The van der Waals surface area contributed by atoms with E-state index in [0.717, 1.165) is 11.4 Å². The van der Waals surface area contributed by atoms with Crippen molar-refractivity contribution in [3.8, 4) is 0 Å². The molecule has 2 rings (SSSR count). The first kappa shape index (κ1) is 15.4. The Hall–Kier alpha value is -1.95. The highest BCUT2D eigenvalue weighted by Crippen LogP contribution is 2.17. The quantitative estimate of drug-likeness (QED) is 0.603. The number of fused-ring (bicyclic) bond motifs is 1. The van der Waals surface area contributed by atoms with Crippen LogP contribution in [0.4, 0.5) is 0 Å². The highest BCUT2D eigenvalue weighted by Gasteiger charge is 2.20. The van der Waals surface area contributed by atoms with Gasteiger partial charge in [0.15, 0.2) is 5.65 Å². The van der Waals surface area contributed by atoms with Gasteiger partial charge in [0.1, 0.15) is 5.56 Å². The second-order valence-corrected chi connectivity index (χ2v) is 4.92. The Kier molecular flexibility index (Phi) is 4.90. The Bertz CT molecular complexity index is 649. The standard InChI is InChI=1S/C15H21N3O3/c1-5-20-7-6-8-21-15(19)13-12(4)17-18-11(3)9-10(2)16-14(13)18/h9H,5-8H2,1-4H3. The van der Waals surface area contributed by atoms with E-state index in [9.17, 15) is 4.79 Å². The maximum Gasteiger partial charge on any atom is 0.343 e. The monoisotopic (exact) mass is 291 g/mol. The lowest BCUT2D eigenvalue weighted by atomic mass is 10.2. The van der Waals surface area contributed by atoms with E-state index in [1.54, 1.807) is 11.4 Å². The first-order chi connectivity index (χ1) is 10.0. The lowest BCUT2D eigenvalue weighted by molar-refractivity contribution is 0.0453. The van der Waals surface area contributed by atoms with Crippen molar-refractivity contribution in [3.05, 3.63) is 28.7 Å². The number of nitrogens with zero attached hydrogens (tertiary/aromatic N) is 3. The summed E-state index contributed by atoms with van der Waals surface area (Å²) in [7, 11) is 0. The number of hydrogen-bond acceptors (Lipinski definition) is 5. The van der Waals surface area contributed by atoms with Gasteiger partial charge in [0.2, 0.25) is 0 Å². The van der Waals surface area contributed by atoms with Gasteiger partial charge in [-0.2, -0.15) is 5.10 Å². The van der Waals surface area contributed by atoms with Crippen molar-refractivity contribution in [1.82, 2.24) is 14.6 Å². The van der Waals surface area contributed by atoms with Crippen molar-refractivity contribution in [2.24, 2.45) is 0 Å². The fourth-order valence-electron chi connectivity index (χ4n) is 2.21. The van der Waals surface area contributed by atoms with Crippen LogP contribution in [0.15, 0.2) is 6.07 Å². The predicted octanol–water partition coefficient (Wildman–Crippen LogP) is 2.24. The summed E-state index contributed by atoms with van der Waals surface area (Å²) in [5.74, 6) is -0.378. The molecule has 6 heteroatoms. The Labute approximate surface area is 124 Å². The van der Waals surface area contributed by atoms with Gasteiger partial charge in [-0.15, -0.1) is 0 Å². The third-order valence-corrected chi connectivity index (χ3v) is 3.14. The zero-order valence-corrected chi connectivity index (χ0v) is 13.0. The van der Waals surface area contributed by atoms with Gasteiger partial charge in [0.25, 0.3) is 0 Å². The third-order valence-electron chi connectivity index (χ3n) is 3.14. The minimum Gasteiger partial charge on any atom is -0.462 e. The molecule has 2 aromatic heterocycles. The van der Waals surface area contributed by atoms with Crippen molar-refractivity contribution in [2.45, 2.75) is 34.1 Å². The lowest BCUT2D eigenvalue weighted by Crippen LogP contribution is -2.10. The number of rotatable bonds is 6. The molecule has 0 aliphatic heterocycles. The van der Waals surface area contributed by atoms with Crippen LogP contribution in [0, 0.1) is 20.8 Å². The van der Waals surface area contributed by atoms with Gasteiger partial charge in [0.05, 0.1) is 12.3 Å². The average Bonchev–Trinajstić information content (AvgIpc) is 2.75. The topological polar surface area (TPSA) is 65.7 Å². The smallest absolute Gasteiger partial charge is 0.343 e. The van der Waals surface area contributed by atoms with Gasteiger partial charge in [-0.25, -0.2) is 14.3 Å². The van der Waals surface area contributed by atoms with Gasteiger partial charge in [-0.1, -0.05) is 0 Å². The van der Waals surface area contributed by atoms with Crippen molar-refractivity contribution in [2.75, 3.05) is 19.8 Å². The van der Waals surface area contributed by atoms with Crippen LogP contribution in [-0.2, 0) is 9.47 Å². The van der Waals surface area contributed by atoms with Crippen molar-refractivity contribution in [3.63, 3.8) is 0 Å². The number of aryl methyl sites for hydroxylation is 3. The van der Waals surface area contributed by atoms with Crippen LogP contribution in [-0.4, -0.2) is 40.4 Å². The molecule has 0 amide bonds. The SMILES string of the molecule is CCOCCCOC(=O)c1c(C)nn2c(C)cc(C)nc12. The van der Waals surface area contributed by atoms with Crippen LogP contribution in [0.1, 0.15) is 40.8 Å². The Balaban J connectivity index is 2.17. The maximum absolute atomic E-state index is 12.2. The fourth-order valence-corrected chi connectivity index (χ4v) is 2.21. The Morgan fingerprint density at radius 1 is 1.29 bits per heavy atom. The molecule has 0 bridgehead atoms. The average molecular weight is 291 g/mol. The van der Waals surface area contributed by atoms with E-state index < -0.39 is 0 Å². The number of esters is 1. The molecular formula is C15H21N3O3. The summed E-state index contributed by atoms with van der Waals surface area (Å²) in [5, 5.41) is 4.36. The van der Waals surface area contributed by atoms with Crippen molar-refractivity contribution >= 4 is 11.6 Å². The normalized spacial score (nSPS) is 11.0. The van der Waals surface area contributed by atoms with Crippen LogP contribution in [0.2, 0.25) is 0 Å². The van der Waals surface area contributed by atoms with Gasteiger partial charge in [-0.05, 0) is 33.8 Å². The molecule has 2 aromatic rings. The molecule has 0 fully saturated rings. The molecule has 0 aromatic carbocycles. The molecule has 0 saturated heterocycles. The van der Waals surface area contributed by atoms with E-state index in [1.165, 1.54) is 0 Å². The van der Waals surface area contributed by atoms with E-state index in [4.69, 9.17) is 9.47 Å². The van der Waals surface area contributed by atoms with Crippen molar-refractivity contribution < 1.29 is 14.3 Å². The van der Waals surface area contributed by atoms with Crippen LogP contribution in [0.5, 0.6) is 0 Å². The molecule has 0 spiro atoms. The van der Waals surface area contributed by atoms with Crippen molar-refractivity contribution in [1.29, 1.82) is 0 Å². The molecule has 0 saturated carbocycles. The zero-order valence-electron chi connectivity index (χ0n) is 13.0.